The molecule has 1 heterocycles. The van der Waals surface area contributed by atoms with Gasteiger partial charge in [-0.3, -0.25) is 0 Å². The number of fused-ring (bicyclic) bond motifs is 2. The number of nitrogens with zero attached hydrogens (tertiary/aromatic N) is 1. The Hall–Kier alpha value is -1.47. The number of halogens is 1. The second-order valence-electron chi connectivity index (χ2n) is 5.79. The van der Waals surface area contributed by atoms with E-state index in [1.165, 1.54) is 11.2 Å². The van der Waals surface area contributed by atoms with E-state index in [-0.39, 0.29) is 22.1 Å². The molecule has 1 aliphatic carbocycles. The Morgan fingerprint density at radius 3 is 2.62 bits per heavy atom. The van der Waals surface area contributed by atoms with Crippen molar-refractivity contribution in [2.24, 2.45) is 5.92 Å². The zero-order valence-electron chi connectivity index (χ0n) is 11.5. The van der Waals surface area contributed by atoms with E-state index in [0.717, 1.165) is 31.4 Å². The molecule has 21 heavy (non-hydrogen) atoms. The van der Waals surface area contributed by atoms with Crippen LogP contribution in [0.25, 0.3) is 0 Å². The lowest BCUT2D eigenvalue weighted by Crippen LogP contribution is -2.38. The van der Waals surface area contributed by atoms with Crippen molar-refractivity contribution >= 4 is 16.0 Å². The Morgan fingerprint density at radius 2 is 2.10 bits per heavy atom. The summed E-state index contributed by atoms with van der Waals surface area (Å²) in [6.45, 7) is 1.81. The Bertz CT molecular complexity index is 716. The SMILES string of the molecule is Cc1c(F)cc(C(=O)O)cc1S(=O)(=O)N1CC2CCC1C2. The fourth-order valence-corrected chi connectivity index (χ4v) is 5.35. The zero-order chi connectivity index (χ0) is 15.4. The van der Waals surface area contributed by atoms with Crippen molar-refractivity contribution in [2.45, 2.75) is 37.1 Å². The number of hydrogen-bond acceptors (Lipinski definition) is 3. The van der Waals surface area contributed by atoms with Crippen LogP contribution < -0.4 is 0 Å². The van der Waals surface area contributed by atoms with E-state index in [0.29, 0.717) is 12.5 Å². The molecule has 2 aliphatic rings. The van der Waals surface area contributed by atoms with Gasteiger partial charge >= 0.3 is 5.97 Å². The van der Waals surface area contributed by atoms with Gasteiger partial charge in [-0.25, -0.2) is 17.6 Å². The second kappa shape index (κ2) is 4.78. The lowest BCUT2D eigenvalue weighted by atomic mass is 10.1. The molecule has 0 radical (unpaired) electrons. The molecule has 1 aromatic rings. The Morgan fingerprint density at radius 1 is 1.38 bits per heavy atom. The molecule has 0 spiro atoms. The minimum absolute atomic E-state index is 0.0252. The molecule has 2 unspecified atom stereocenters. The number of carbonyl (C=O) groups is 1. The normalized spacial score (nSPS) is 25.4. The minimum atomic E-state index is -3.85. The Balaban J connectivity index is 2.08. The van der Waals surface area contributed by atoms with Crippen molar-refractivity contribution in [1.29, 1.82) is 0 Å². The van der Waals surface area contributed by atoms with E-state index in [1.807, 2.05) is 0 Å². The fourth-order valence-electron chi connectivity index (χ4n) is 3.35. The molecule has 0 amide bonds. The first-order chi connectivity index (χ1) is 9.80. The van der Waals surface area contributed by atoms with E-state index >= 15 is 0 Å². The van der Waals surface area contributed by atoms with Crippen LogP contribution in [0.5, 0.6) is 0 Å². The predicted molar refractivity (Wildman–Crippen MR) is 73.1 cm³/mol. The summed E-state index contributed by atoms with van der Waals surface area (Å²) in [4.78, 5) is 10.8. The Kier molecular flexibility index (Phi) is 3.29. The van der Waals surface area contributed by atoms with Gasteiger partial charge in [-0.2, -0.15) is 4.31 Å². The van der Waals surface area contributed by atoms with Crippen molar-refractivity contribution in [2.75, 3.05) is 6.54 Å². The van der Waals surface area contributed by atoms with Crippen LogP contribution in [0.15, 0.2) is 17.0 Å². The highest BCUT2D eigenvalue weighted by Gasteiger charge is 2.44. The molecular formula is C14H16FNO4S. The predicted octanol–water partition coefficient (Wildman–Crippen LogP) is 2.01. The van der Waals surface area contributed by atoms with E-state index < -0.39 is 21.8 Å². The first-order valence-corrected chi connectivity index (χ1v) is 8.30. The van der Waals surface area contributed by atoms with Gasteiger partial charge in [-0.1, -0.05) is 0 Å². The van der Waals surface area contributed by atoms with Gasteiger partial charge in [0.05, 0.1) is 10.5 Å². The third-order valence-corrected chi connectivity index (χ3v) is 6.53. The van der Waals surface area contributed by atoms with Crippen LogP contribution >= 0.6 is 0 Å². The summed E-state index contributed by atoms with van der Waals surface area (Å²) in [5, 5.41) is 8.99. The van der Waals surface area contributed by atoms with Gasteiger partial charge in [-0.15, -0.1) is 0 Å². The highest BCUT2D eigenvalue weighted by molar-refractivity contribution is 7.89. The summed E-state index contributed by atoms with van der Waals surface area (Å²) in [6.07, 6.45) is 2.70. The van der Waals surface area contributed by atoms with Crippen molar-refractivity contribution < 1.29 is 22.7 Å². The van der Waals surface area contributed by atoms with E-state index in [9.17, 15) is 17.6 Å². The number of sulfonamides is 1. The maximum absolute atomic E-state index is 13.9. The highest BCUT2D eigenvalue weighted by Crippen LogP contribution is 2.41. The fraction of sp³-hybridized carbons (Fsp3) is 0.500. The van der Waals surface area contributed by atoms with E-state index in [4.69, 9.17) is 5.11 Å². The first-order valence-electron chi connectivity index (χ1n) is 6.86. The maximum atomic E-state index is 13.9. The number of hydrogen-bond donors (Lipinski definition) is 1. The average Bonchev–Trinajstić information content (AvgIpc) is 3.03. The summed E-state index contributed by atoms with van der Waals surface area (Å²) in [6, 6.07) is 1.88. The molecule has 2 fully saturated rings. The lowest BCUT2D eigenvalue weighted by Gasteiger charge is -2.27. The number of carboxylic acids is 1. The molecule has 2 bridgehead atoms. The summed E-state index contributed by atoms with van der Waals surface area (Å²) in [5.41, 5.74) is -0.371. The number of piperidine rings is 1. The third-order valence-electron chi connectivity index (χ3n) is 4.49. The summed E-state index contributed by atoms with van der Waals surface area (Å²) in [7, 11) is -3.85. The number of aromatic carboxylic acids is 1. The van der Waals surface area contributed by atoms with Crippen LogP contribution in [0.3, 0.4) is 0 Å². The molecule has 0 aromatic heterocycles. The zero-order valence-corrected chi connectivity index (χ0v) is 12.4. The van der Waals surface area contributed by atoms with Crippen LogP contribution in [0.2, 0.25) is 0 Å². The summed E-state index contributed by atoms with van der Waals surface area (Å²) >= 11 is 0. The maximum Gasteiger partial charge on any atom is 0.335 e. The Labute approximate surface area is 122 Å². The summed E-state index contributed by atoms with van der Waals surface area (Å²) < 4.78 is 40.7. The van der Waals surface area contributed by atoms with Crippen molar-refractivity contribution in [3.63, 3.8) is 0 Å². The van der Waals surface area contributed by atoms with Crippen LogP contribution in [-0.4, -0.2) is 36.4 Å². The van der Waals surface area contributed by atoms with Gasteiger partial charge in [0.25, 0.3) is 0 Å². The topological polar surface area (TPSA) is 74.7 Å². The molecule has 7 heteroatoms. The molecule has 2 atom stereocenters. The van der Waals surface area contributed by atoms with Crippen molar-refractivity contribution in [3.8, 4) is 0 Å². The highest BCUT2D eigenvalue weighted by atomic mass is 32.2. The first kappa shape index (κ1) is 14.5. The number of benzene rings is 1. The summed E-state index contributed by atoms with van der Waals surface area (Å²) in [5.74, 6) is -1.77. The molecule has 1 saturated carbocycles. The van der Waals surface area contributed by atoms with Crippen molar-refractivity contribution in [3.05, 3.63) is 29.1 Å². The van der Waals surface area contributed by atoms with Crippen molar-refractivity contribution in [1.82, 2.24) is 4.31 Å². The molecule has 114 valence electrons. The van der Waals surface area contributed by atoms with Gasteiger partial charge in [0.15, 0.2) is 0 Å². The van der Waals surface area contributed by atoms with Gasteiger partial charge < -0.3 is 5.11 Å². The molecule has 1 N–H and O–H groups in total. The molecule has 1 aromatic carbocycles. The quantitative estimate of drug-likeness (QED) is 0.926. The van der Waals surface area contributed by atoms with E-state index in [1.54, 1.807) is 0 Å². The second-order valence-corrected chi connectivity index (χ2v) is 7.65. The van der Waals surface area contributed by atoms with Gasteiger partial charge in [0.1, 0.15) is 5.82 Å². The standard InChI is InChI=1S/C14H16FNO4S/c1-8-12(15)5-10(14(17)18)6-13(8)21(19,20)16-7-9-2-3-11(16)4-9/h5-6,9,11H,2-4,7H2,1H3,(H,17,18). The van der Waals surface area contributed by atoms with Crippen LogP contribution in [0.4, 0.5) is 4.39 Å². The molecule has 5 nitrogen and oxygen atoms in total. The smallest absolute Gasteiger partial charge is 0.335 e. The molecule has 1 saturated heterocycles. The van der Waals surface area contributed by atoms with Crippen LogP contribution in [0, 0.1) is 18.7 Å². The van der Waals surface area contributed by atoms with Gasteiger partial charge in [0.2, 0.25) is 10.0 Å². The average molecular weight is 313 g/mol. The minimum Gasteiger partial charge on any atom is -0.478 e. The largest absolute Gasteiger partial charge is 0.478 e. The molecule has 1 aliphatic heterocycles. The van der Waals surface area contributed by atoms with Crippen LogP contribution in [0.1, 0.15) is 35.2 Å². The van der Waals surface area contributed by atoms with Gasteiger partial charge in [0, 0.05) is 18.2 Å². The number of rotatable bonds is 3. The third kappa shape index (κ3) is 2.24. The lowest BCUT2D eigenvalue weighted by molar-refractivity contribution is 0.0696. The van der Waals surface area contributed by atoms with Gasteiger partial charge in [-0.05, 0) is 44.2 Å². The van der Waals surface area contributed by atoms with Crippen LogP contribution in [-0.2, 0) is 10.0 Å². The molecular weight excluding hydrogens is 297 g/mol. The molecule has 3 rings (SSSR count). The van der Waals surface area contributed by atoms with E-state index in [2.05, 4.69) is 0 Å². The number of carboxylic acid groups (broad SMARTS) is 1. The monoisotopic (exact) mass is 313 g/mol.